The molecule has 0 aliphatic rings. The summed E-state index contributed by atoms with van der Waals surface area (Å²) in [5.41, 5.74) is 7.68. The summed E-state index contributed by atoms with van der Waals surface area (Å²) in [6.07, 6.45) is 6.47. The molecule has 2 rings (SSSR count). The minimum atomic E-state index is 0.709. The van der Waals surface area contributed by atoms with E-state index in [0.717, 1.165) is 24.3 Å². The van der Waals surface area contributed by atoms with Crippen LogP contribution in [-0.4, -0.2) is 22.6 Å². The lowest BCUT2D eigenvalue weighted by molar-refractivity contribution is 0.872. The first kappa shape index (κ1) is 10.7. The van der Waals surface area contributed by atoms with Crippen LogP contribution in [0.5, 0.6) is 0 Å². The van der Waals surface area contributed by atoms with Crippen LogP contribution in [0.25, 0.3) is 5.69 Å². The highest BCUT2D eigenvalue weighted by Gasteiger charge is 2.01. The summed E-state index contributed by atoms with van der Waals surface area (Å²) in [7, 11) is 0. The zero-order chi connectivity index (χ0) is 11.2. The molecule has 0 saturated carbocycles. The van der Waals surface area contributed by atoms with E-state index in [2.05, 4.69) is 22.4 Å². The predicted molar refractivity (Wildman–Crippen MR) is 65.7 cm³/mol. The van der Waals surface area contributed by atoms with Crippen molar-refractivity contribution >= 4 is 5.69 Å². The van der Waals surface area contributed by atoms with Crippen LogP contribution in [0.1, 0.15) is 6.42 Å². The molecule has 1 aromatic heterocycles. The SMILES string of the molecule is NCCCNc1ccccc1-n1ccnc1. The van der Waals surface area contributed by atoms with Gasteiger partial charge in [0.05, 0.1) is 17.7 Å². The molecule has 0 aliphatic carbocycles. The molecule has 0 amide bonds. The number of nitrogens with two attached hydrogens (primary N) is 1. The fourth-order valence-electron chi connectivity index (χ4n) is 1.58. The molecule has 0 fully saturated rings. The van der Waals surface area contributed by atoms with Gasteiger partial charge in [-0.25, -0.2) is 4.98 Å². The number of para-hydroxylation sites is 2. The highest BCUT2D eigenvalue weighted by atomic mass is 15.0. The lowest BCUT2D eigenvalue weighted by atomic mass is 10.2. The molecule has 0 aliphatic heterocycles. The summed E-state index contributed by atoms with van der Waals surface area (Å²) in [6.45, 7) is 1.60. The van der Waals surface area contributed by atoms with Crippen LogP contribution >= 0.6 is 0 Å². The second-order valence-corrected chi connectivity index (χ2v) is 3.56. The summed E-state index contributed by atoms with van der Waals surface area (Å²) < 4.78 is 1.99. The number of aromatic nitrogens is 2. The van der Waals surface area contributed by atoms with Crippen LogP contribution in [0.2, 0.25) is 0 Å². The van der Waals surface area contributed by atoms with Gasteiger partial charge in [-0.3, -0.25) is 0 Å². The first-order chi connectivity index (χ1) is 7.92. The summed E-state index contributed by atoms with van der Waals surface area (Å²) in [5, 5.41) is 3.37. The average molecular weight is 216 g/mol. The maximum Gasteiger partial charge on any atom is 0.0992 e. The van der Waals surface area contributed by atoms with E-state index in [1.165, 1.54) is 0 Å². The second kappa shape index (κ2) is 5.32. The zero-order valence-electron chi connectivity index (χ0n) is 9.13. The summed E-state index contributed by atoms with van der Waals surface area (Å²) in [5.74, 6) is 0. The number of anilines is 1. The smallest absolute Gasteiger partial charge is 0.0992 e. The molecule has 3 N–H and O–H groups in total. The van der Waals surface area contributed by atoms with Crippen molar-refractivity contribution in [3.8, 4) is 5.69 Å². The van der Waals surface area contributed by atoms with Gasteiger partial charge in [0, 0.05) is 18.9 Å². The van der Waals surface area contributed by atoms with Crippen LogP contribution in [0.3, 0.4) is 0 Å². The number of imidazole rings is 1. The third kappa shape index (κ3) is 2.41. The van der Waals surface area contributed by atoms with Crippen LogP contribution in [0, 0.1) is 0 Å². The van der Waals surface area contributed by atoms with Gasteiger partial charge in [0.1, 0.15) is 0 Å². The van der Waals surface area contributed by atoms with Crippen molar-refractivity contribution in [2.24, 2.45) is 5.73 Å². The molecule has 4 heteroatoms. The maximum absolute atomic E-state index is 5.47. The molecule has 0 radical (unpaired) electrons. The summed E-state index contributed by atoms with van der Waals surface area (Å²) in [4.78, 5) is 4.05. The van der Waals surface area contributed by atoms with Gasteiger partial charge in [-0.05, 0) is 25.1 Å². The van der Waals surface area contributed by atoms with E-state index in [1.807, 2.05) is 22.9 Å². The van der Waals surface area contributed by atoms with Crippen LogP contribution < -0.4 is 11.1 Å². The van der Waals surface area contributed by atoms with E-state index >= 15 is 0 Å². The molecular formula is C12H16N4. The Morgan fingerprint density at radius 2 is 2.19 bits per heavy atom. The molecule has 0 spiro atoms. The fraction of sp³-hybridized carbons (Fsp3) is 0.250. The standard InChI is InChI=1S/C12H16N4/c13-6-3-7-15-11-4-1-2-5-12(11)16-9-8-14-10-16/h1-2,4-5,8-10,15H,3,6-7,13H2. The Labute approximate surface area is 95.1 Å². The first-order valence-electron chi connectivity index (χ1n) is 5.43. The predicted octanol–water partition coefficient (Wildman–Crippen LogP) is 1.63. The molecular weight excluding hydrogens is 200 g/mol. The minimum Gasteiger partial charge on any atom is -0.383 e. The quantitative estimate of drug-likeness (QED) is 0.747. The molecule has 0 saturated heterocycles. The molecule has 0 bridgehead atoms. The molecule has 0 atom stereocenters. The number of nitrogens with zero attached hydrogens (tertiary/aromatic N) is 2. The highest BCUT2D eigenvalue weighted by Crippen LogP contribution is 2.19. The van der Waals surface area contributed by atoms with E-state index in [4.69, 9.17) is 5.73 Å². The molecule has 0 unspecified atom stereocenters. The number of hydrogen-bond acceptors (Lipinski definition) is 3. The second-order valence-electron chi connectivity index (χ2n) is 3.56. The Morgan fingerprint density at radius 1 is 1.31 bits per heavy atom. The van der Waals surface area contributed by atoms with Crippen LogP contribution in [0.15, 0.2) is 43.0 Å². The Bertz CT molecular complexity index is 422. The third-order valence-electron chi connectivity index (χ3n) is 2.38. The minimum absolute atomic E-state index is 0.709. The van der Waals surface area contributed by atoms with Gasteiger partial charge in [0.25, 0.3) is 0 Å². The van der Waals surface area contributed by atoms with E-state index in [-0.39, 0.29) is 0 Å². The Morgan fingerprint density at radius 3 is 2.94 bits per heavy atom. The number of benzene rings is 1. The van der Waals surface area contributed by atoms with Crippen molar-refractivity contribution in [2.45, 2.75) is 6.42 Å². The zero-order valence-corrected chi connectivity index (χ0v) is 9.13. The van der Waals surface area contributed by atoms with Crippen molar-refractivity contribution in [3.63, 3.8) is 0 Å². The van der Waals surface area contributed by atoms with E-state index in [0.29, 0.717) is 6.54 Å². The Hall–Kier alpha value is -1.81. The summed E-state index contributed by atoms with van der Waals surface area (Å²) in [6, 6.07) is 8.16. The largest absolute Gasteiger partial charge is 0.383 e. The number of nitrogens with one attached hydrogen (secondary N) is 1. The Balaban J connectivity index is 2.18. The van der Waals surface area contributed by atoms with Crippen molar-refractivity contribution in [3.05, 3.63) is 43.0 Å². The lowest BCUT2D eigenvalue weighted by Crippen LogP contribution is -2.09. The monoisotopic (exact) mass is 216 g/mol. The van der Waals surface area contributed by atoms with E-state index < -0.39 is 0 Å². The molecule has 16 heavy (non-hydrogen) atoms. The van der Waals surface area contributed by atoms with Gasteiger partial charge in [-0.15, -0.1) is 0 Å². The molecule has 1 heterocycles. The topological polar surface area (TPSA) is 55.9 Å². The van der Waals surface area contributed by atoms with Crippen molar-refractivity contribution in [1.29, 1.82) is 0 Å². The molecule has 4 nitrogen and oxygen atoms in total. The molecule has 84 valence electrons. The molecule has 1 aromatic carbocycles. The van der Waals surface area contributed by atoms with Gasteiger partial charge >= 0.3 is 0 Å². The fourth-order valence-corrected chi connectivity index (χ4v) is 1.58. The van der Waals surface area contributed by atoms with Gasteiger partial charge in [0.2, 0.25) is 0 Å². The van der Waals surface area contributed by atoms with Crippen LogP contribution in [-0.2, 0) is 0 Å². The normalized spacial score (nSPS) is 10.3. The van der Waals surface area contributed by atoms with E-state index in [9.17, 15) is 0 Å². The third-order valence-corrected chi connectivity index (χ3v) is 2.38. The van der Waals surface area contributed by atoms with E-state index in [1.54, 1.807) is 12.5 Å². The number of rotatable bonds is 5. The average Bonchev–Trinajstić information content (AvgIpc) is 2.83. The van der Waals surface area contributed by atoms with Gasteiger partial charge < -0.3 is 15.6 Å². The van der Waals surface area contributed by atoms with Gasteiger partial charge in [-0.2, -0.15) is 0 Å². The number of hydrogen-bond donors (Lipinski definition) is 2. The molecule has 2 aromatic rings. The Kier molecular flexibility index (Phi) is 3.56. The van der Waals surface area contributed by atoms with Gasteiger partial charge in [-0.1, -0.05) is 12.1 Å². The van der Waals surface area contributed by atoms with Crippen molar-refractivity contribution in [2.75, 3.05) is 18.4 Å². The highest BCUT2D eigenvalue weighted by molar-refractivity contribution is 5.60. The first-order valence-corrected chi connectivity index (χ1v) is 5.43. The van der Waals surface area contributed by atoms with Crippen molar-refractivity contribution < 1.29 is 0 Å². The summed E-state index contributed by atoms with van der Waals surface area (Å²) >= 11 is 0. The maximum atomic E-state index is 5.47. The van der Waals surface area contributed by atoms with Crippen LogP contribution in [0.4, 0.5) is 5.69 Å². The lowest BCUT2D eigenvalue weighted by Gasteiger charge is -2.11. The van der Waals surface area contributed by atoms with Crippen molar-refractivity contribution in [1.82, 2.24) is 9.55 Å². The van der Waals surface area contributed by atoms with Gasteiger partial charge in [0.15, 0.2) is 0 Å².